The summed E-state index contributed by atoms with van der Waals surface area (Å²) < 4.78 is 1.50. The van der Waals surface area contributed by atoms with Gasteiger partial charge in [0.1, 0.15) is 18.3 Å². The lowest BCUT2D eigenvalue weighted by atomic mass is 9.82. The number of hydrogen-bond acceptors (Lipinski definition) is 4. The molecule has 0 amide bonds. The van der Waals surface area contributed by atoms with Crippen LogP contribution in [0.2, 0.25) is 10.0 Å². The first kappa shape index (κ1) is 15.3. The molecule has 0 aliphatic heterocycles. The molecular formula is C13H15Cl2N3O2. The summed E-state index contributed by atoms with van der Waals surface area (Å²) in [5.41, 5.74) is -0.870. The van der Waals surface area contributed by atoms with Crippen LogP contribution in [-0.2, 0) is 12.1 Å². The zero-order valence-electron chi connectivity index (χ0n) is 10.9. The van der Waals surface area contributed by atoms with E-state index in [2.05, 4.69) is 10.1 Å². The van der Waals surface area contributed by atoms with Gasteiger partial charge >= 0.3 is 0 Å². The van der Waals surface area contributed by atoms with Crippen LogP contribution in [0.5, 0.6) is 0 Å². The summed E-state index contributed by atoms with van der Waals surface area (Å²) in [5, 5.41) is 25.3. The van der Waals surface area contributed by atoms with Gasteiger partial charge in [0.05, 0.1) is 6.54 Å². The summed E-state index contributed by atoms with van der Waals surface area (Å²) in [6.45, 7) is 1.68. The zero-order valence-corrected chi connectivity index (χ0v) is 12.4. The van der Waals surface area contributed by atoms with Gasteiger partial charge in [-0.2, -0.15) is 5.10 Å². The molecule has 2 N–H and O–H groups in total. The fourth-order valence-corrected chi connectivity index (χ4v) is 2.63. The molecule has 0 spiro atoms. The predicted octanol–water partition coefficient (Wildman–Crippen LogP) is 2.10. The molecule has 0 saturated carbocycles. The predicted molar refractivity (Wildman–Crippen MR) is 76.6 cm³/mol. The van der Waals surface area contributed by atoms with Crippen LogP contribution in [0.4, 0.5) is 0 Å². The first-order chi connectivity index (χ1) is 9.47. The maximum Gasteiger partial charge on any atom is 0.137 e. The van der Waals surface area contributed by atoms with Crippen molar-refractivity contribution in [2.45, 2.75) is 19.1 Å². The quantitative estimate of drug-likeness (QED) is 0.886. The summed E-state index contributed by atoms with van der Waals surface area (Å²) >= 11 is 12.1. The summed E-state index contributed by atoms with van der Waals surface area (Å²) in [7, 11) is 0. The molecule has 7 heteroatoms. The summed E-state index contributed by atoms with van der Waals surface area (Å²) in [6, 6.07) is 4.88. The summed E-state index contributed by atoms with van der Waals surface area (Å²) in [4.78, 5) is 3.85. The molecule has 0 aliphatic rings. The largest absolute Gasteiger partial charge is 0.396 e. The molecule has 0 fully saturated rings. The van der Waals surface area contributed by atoms with Crippen molar-refractivity contribution in [2.24, 2.45) is 5.92 Å². The van der Waals surface area contributed by atoms with Crippen LogP contribution in [-0.4, -0.2) is 31.6 Å². The summed E-state index contributed by atoms with van der Waals surface area (Å²) in [6.07, 6.45) is 2.88. The number of aliphatic hydroxyl groups is 2. The maximum atomic E-state index is 11.0. The second-order valence-electron chi connectivity index (χ2n) is 4.73. The van der Waals surface area contributed by atoms with E-state index in [-0.39, 0.29) is 13.2 Å². The lowest BCUT2D eigenvalue weighted by Crippen LogP contribution is -2.40. The molecule has 5 nitrogen and oxygen atoms in total. The first-order valence-electron chi connectivity index (χ1n) is 6.08. The second-order valence-corrected chi connectivity index (χ2v) is 5.57. The Balaban J connectivity index is 2.45. The second kappa shape index (κ2) is 6.10. The Morgan fingerprint density at radius 2 is 2.15 bits per heavy atom. The molecule has 2 rings (SSSR count). The van der Waals surface area contributed by atoms with Gasteiger partial charge in [0.15, 0.2) is 0 Å². The van der Waals surface area contributed by atoms with Gasteiger partial charge in [0.25, 0.3) is 0 Å². The Bertz CT molecular complexity index is 577. The van der Waals surface area contributed by atoms with Gasteiger partial charge in [-0.3, -0.25) is 0 Å². The van der Waals surface area contributed by atoms with Gasteiger partial charge in [-0.15, -0.1) is 0 Å². The normalized spacial score (nSPS) is 15.8. The van der Waals surface area contributed by atoms with Crippen LogP contribution >= 0.6 is 23.2 Å². The monoisotopic (exact) mass is 315 g/mol. The molecular weight excluding hydrogens is 301 g/mol. The fourth-order valence-electron chi connectivity index (χ4n) is 2.06. The zero-order chi connectivity index (χ0) is 14.8. The number of hydrogen-bond donors (Lipinski definition) is 2. The van der Waals surface area contributed by atoms with E-state index in [9.17, 15) is 10.2 Å². The van der Waals surface area contributed by atoms with Crippen LogP contribution in [0.15, 0.2) is 30.9 Å². The third-order valence-electron chi connectivity index (χ3n) is 3.36. The molecule has 2 aromatic rings. The number of aromatic nitrogens is 3. The molecule has 108 valence electrons. The number of aliphatic hydroxyl groups excluding tert-OH is 1. The Kier molecular flexibility index (Phi) is 4.65. The average molecular weight is 316 g/mol. The lowest BCUT2D eigenvalue weighted by molar-refractivity contribution is -0.0539. The minimum absolute atomic E-state index is 0.135. The van der Waals surface area contributed by atoms with Crippen molar-refractivity contribution in [2.75, 3.05) is 6.61 Å². The van der Waals surface area contributed by atoms with Gasteiger partial charge in [0, 0.05) is 28.1 Å². The smallest absolute Gasteiger partial charge is 0.137 e. The van der Waals surface area contributed by atoms with E-state index >= 15 is 0 Å². The standard InChI is InChI=1S/C13H15Cl2N3O2/c1-9(5-19)13(20,6-18-8-16-7-17-18)11-3-2-10(14)4-12(11)15/h2-4,7-9,19-20H,5-6H2,1H3/t9-,13-/m0/s1. The third-order valence-corrected chi connectivity index (χ3v) is 3.90. The summed E-state index contributed by atoms with van der Waals surface area (Å²) in [5.74, 6) is -0.439. The lowest BCUT2D eigenvalue weighted by Gasteiger charge is -2.34. The molecule has 0 radical (unpaired) electrons. The van der Waals surface area contributed by atoms with Gasteiger partial charge < -0.3 is 10.2 Å². The molecule has 0 unspecified atom stereocenters. The van der Waals surface area contributed by atoms with Gasteiger partial charge in [0.2, 0.25) is 0 Å². The van der Waals surface area contributed by atoms with Crippen molar-refractivity contribution in [3.05, 3.63) is 46.5 Å². The minimum Gasteiger partial charge on any atom is -0.396 e. The first-order valence-corrected chi connectivity index (χ1v) is 6.84. The van der Waals surface area contributed by atoms with Gasteiger partial charge in [-0.05, 0) is 12.1 Å². The molecule has 20 heavy (non-hydrogen) atoms. The third kappa shape index (κ3) is 2.96. The number of nitrogens with zero attached hydrogens (tertiary/aromatic N) is 3. The van der Waals surface area contributed by atoms with Gasteiger partial charge in [-0.1, -0.05) is 36.2 Å². The molecule has 1 aromatic carbocycles. The number of rotatable bonds is 5. The van der Waals surface area contributed by atoms with Crippen LogP contribution in [0.1, 0.15) is 12.5 Å². The highest BCUT2D eigenvalue weighted by Crippen LogP contribution is 2.36. The Morgan fingerprint density at radius 1 is 1.40 bits per heavy atom. The number of benzene rings is 1. The fraction of sp³-hybridized carbons (Fsp3) is 0.385. The van der Waals surface area contributed by atoms with Crippen LogP contribution < -0.4 is 0 Å². The molecule has 0 saturated heterocycles. The van der Waals surface area contributed by atoms with Crippen molar-refractivity contribution in [3.8, 4) is 0 Å². The minimum atomic E-state index is -1.37. The van der Waals surface area contributed by atoms with Crippen LogP contribution in [0.3, 0.4) is 0 Å². The average Bonchev–Trinajstić information content (AvgIpc) is 2.90. The number of halogens is 2. The van der Waals surface area contributed by atoms with Crippen molar-refractivity contribution in [1.29, 1.82) is 0 Å². The van der Waals surface area contributed by atoms with E-state index < -0.39 is 11.5 Å². The highest BCUT2D eigenvalue weighted by Gasteiger charge is 2.38. The molecule has 0 bridgehead atoms. The van der Waals surface area contributed by atoms with Gasteiger partial charge in [-0.25, -0.2) is 9.67 Å². The van der Waals surface area contributed by atoms with Crippen molar-refractivity contribution >= 4 is 23.2 Å². The van der Waals surface area contributed by atoms with E-state index in [0.717, 1.165) is 0 Å². The molecule has 2 atom stereocenters. The highest BCUT2D eigenvalue weighted by atomic mass is 35.5. The van der Waals surface area contributed by atoms with Crippen LogP contribution in [0.25, 0.3) is 0 Å². The Hall–Kier alpha value is -1.14. The van der Waals surface area contributed by atoms with Crippen molar-refractivity contribution < 1.29 is 10.2 Å². The van der Waals surface area contributed by atoms with E-state index in [1.54, 1.807) is 25.1 Å². The van der Waals surface area contributed by atoms with E-state index in [1.165, 1.54) is 17.3 Å². The Morgan fingerprint density at radius 3 is 2.70 bits per heavy atom. The van der Waals surface area contributed by atoms with E-state index in [1.807, 2.05) is 0 Å². The van der Waals surface area contributed by atoms with E-state index in [4.69, 9.17) is 23.2 Å². The molecule has 1 aromatic heterocycles. The van der Waals surface area contributed by atoms with E-state index in [0.29, 0.717) is 15.6 Å². The van der Waals surface area contributed by atoms with Crippen molar-refractivity contribution in [1.82, 2.24) is 14.8 Å². The maximum absolute atomic E-state index is 11.0. The SMILES string of the molecule is C[C@@H](CO)[C@@](O)(Cn1cncn1)c1ccc(Cl)cc1Cl. The molecule has 0 aliphatic carbocycles. The van der Waals surface area contributed by atoms with Crippen molar-refractivity contribution in [3.63, 3.8) is 0 Å². The Labute approximate surface area is 126 Å². The topological polar surface area (TPSA) is 71.2 Å². The van der Waals surface area contributed by atoms with Crippen LogP contribution in [0, 0.1) is 5.92 Å². The highest BCUT2D eigenvalue weighted by molar-refractivity contribution is 6.35. The molecule has 1 heterocycles.